The van der Waals surface area contributed by atoms with E-state index in [-0.39, 0.29) is 18.4 Å². The van der Waals surface area contributed by atoms with Gasteiger partial charge in [-0.15, -0.1) is 0 Å². The Labute approximate surface area is 64.0 Å². The standard InChI is InChI=1S/C6H10N2O3/c1-2-5(9)7-4-3-11-8-6(4)10/h4H,2-3H2,1H3,(H,7,9)(H,8,10)/t4-/m1/s1. The Bertz CT molecular complexity index is 181. The minimum absolute atomic E-state index is 0.143. The van der Waals surface area contributed by atoms with E-state index in [0.29, 0.717) is 6.42 Å². The third kappa shape index (κ3) is 1.91. The monoisotopic (exact) mass is 158 g/mol. The van der Waals surface area contributed by atoms with E-state index < -0.39 is 6.04 Å². The molecule has 1 heterocycles. The fraction of sp³-hybridized carbons (Fsp3) is 0.667. The predicted octanol–water partition coefficient (Wildman–Crippen LogP) is -1.06. The van der Waals surface area contributed by atoms with Crippen molar-refractivity contribution in [2.45, 2.75) is 19.4 Å². The SMILES string of the molecule is CCC(=O)N[C@@H]1CONC1=O. The number of carbonyl (C=O) groups excluding carboxylic acids is 2. The third-order valence-corrected chi connectivity index (χ3v) is 1.40. The molecule has 1 fully saturated rings. The lowest BCUT2D eigenvalue weighted by Gasteiger charge is -2.05. The number of hydrogen-bond donors (Lipinski definition) is 2. The second kappa shape index (κ2) is 3.34. The average Bonchev–Trinajstić information content (AvgIpc) is 2.37. The van der Waals surface area contributed by atoms with Gasteiger partial charge in [0.2, 0.25) is 5.91 Å². The van der Waals surface area contributed by atoms with E-state index in [2.05, 4.69) is 15.6 Å². The van der Waals surface area contributed by atoms with E-state index in [1.807, 2.05) is 0 Å². The van der Waals surface area contributed by atoms with Gasteiger partial charge < -0.3 is 5.32 Å². The zero-order valence-electron chi connectivity index (χ0n) is 6.22. The summed E-state index contributed by atoms with van der Waals surface area (Å²) in [6.45, 7) is 1.94. The molecule has 11 heavy (non-hydrogen) atoms. The van der Waals surface area contributed by atoms with E-state index >= 15 is 0 Å². The van der Waals surface area contributed by atoms with Crippen LogP contribution in [0, 0.1) is 0 Å². The number of rotatable bonds is 2. The minimum Gasteiger partial charge on any atom is -0.342 e. The van der Waals surface area contributed by atoms with Crippen LogP contribution in [0.25, 0.3) is 0 Å². The summed E-state index contributed by atoms with van der Waals surface area (Å²) in [4.78, 5) is 26.1. The molecule has 0 spiro atoms. The maximum Gasteiger partial charge on any atom is 0.268 e. The van der Waals surface area contributed by atoms with Crippen molar-refractivity contribution in [3.63, 3.8) is 0 Å². The van der Waals surface area contributed by atoms with E-state index in [9.17, 15) is 9.59 Å². The number of amides is 2. The molecule has 2 N–H and O–H groups in total. The van der Waals surface area contributed by atoms with Crippen LogP contribution in [0.5, 0.6) is 0 Å². The largest absolute Gasteiger partial charge is 0.342 e. The van der Waals surface area contributed by atoms with Crippen molar-refractivity contribution in [2.75, 3.05) is 6.61 Å². The van der Waals surface area contributed by atoms with Crippen LogP contribution in [0.2, 0.25) is 0 Å². The highest BCUT2D eigenvalue weighted by Gasteiger charge is 2.26. The first-order valence-electron chi connectivity index (χ1n) is 3.45. The molecule has 0 aromatic rings. The molecule has 1 atom stereocenters. The van der Waals surface area contributed by atoms with Gasteiger partial charge in [0.15, 0.2) is 0 Å². The molecule has 5 heteroatoms. The molecular formula is C6H10N2O3. The van der Waals surface area contributed by atoms with Gasteiger partial charge in [-0.2, -0.15) is 0 Å². The summed E-state index contributed by atoms with van der Waals surface area (Å²) in [6, 6.07) is -0.512. The molecule has 0 unspecified atom stereocenters. The van der Waals surface area contributed by atoms with Gasteiger partial charge in [0.1, 0.15) is 12.6 Å². The molecule has 1 aliphatic rings. The summed E-state index contributed by atoms with van der Waals surface area (Å²) >= 11 is 0. The zero-order chi connectivity index (χ0) is 8.27. The van der Waals surface area contributed by atoms with Gasteiger partial charge in [-0.05, 0) is 0 Å². The summed E-state index contributed by atoms with van der Waals surface area (Å²) in [6.07, 6.45) is 0.379. The van der Waals surface area contributed by atoms with Crippen molar-refractivity contribution >= 4 is 11.8 Å². The van der Waals surface area contributed by atoms with E-state index in [1.54, 1.807) is 6.92 Å². The average molecular weight is 158 g/mol. The van der Waals surface area contributed by atoms with Gasteiger partial charge in [0.25, 0.3) is 5.91 Å². The van der Waals surface area contributed by atoms with E-state index in [1.165, 1.54) is 0 Å². The quantitative estimate of drug-likeness (QED) is 0.538. The number of hydrogen-bond acceptors (Lipinski definition) is 3. The van der Waals surface area contributed by atoms with E-state index in [4.69, 9.17) is 0 Å². The van der Waals surface area contributed by atoms with Crippen LogP contribution in [0.3, 0.4) is 0 Å². The molecule has 0 saturated carbocycles. The van der Waals surface area contributed by atoms with Crippen molar-refractivity contribution in [3.05, 3.63) is 0 Å². The molecule has 5 nitrogen and oxygen atoms in total. The van der Waals surface area contributed by atoms with Crippen LogP contribution in [-0.2, 0) is 14.4 Å². The minimum atomic E-state index is -0.512. The Hall–Kier alpha value is -1.10. The van der Waals surface area contributed by atoms with Gasteiger partial charge >= 0.3 is 0 Å². The van der Waals surface area contributed by atoms with Crippen LogP contribution < -0.4 is 10.8 Å². The second-order valence-electron chi connectivity index (χ2n) is 2.25. The summed E-state index contributed by atoms with van der Waals surface area (Å²) in [5.41, 5.74) is 2.15. The van der Waals surface area contributed by atoms with Crippen molar-refractivity contribution in [1.82, 2.24) is 10.8 Å². The molecule has 0 aromatic heterocycles. The van der Waals surface area contributed by atoms with Gasteiger partial charge in [0.05, 0.1) is 0 Å². The Morgan fingerprint density at radius 3 is 3.09 bits per heavy atom. The first kappa shape index (κ1) is 8.00. The summed E-state index contributed by atoms with van der Waals surface area (Å²) in [7, 11) is 0. The highest BCUT2D eigenvalue weighted by molar-refractivity contribution is 5.87. The third-order valence-electron chi connectivity index (χ3n) is 1.40. The van der Waals surface area contributed by atoms with Gasteiger partial charge in [0, 0.05) is 6.42 Å². The normalized spacial score (nSPS) is 23.0. The van der Waals surface area contributed by atoms with Gasteiger partial charge in [-0.1, -0.05) is 6.92 Å². The maximum absolute atomic E-state index is 10.8. The molecule has 0 aliphatic carbocycles. The molecule has 1 saturated heterocycles. The zero-order valence-corrected chi connectivity index (χ0v) is 6.22. The Morgan fingerprint density at radius 1 is 1.91 bits per heavy atom. The van der Waals surface area contributed by atoms with Crippen molar-refractivity contribution in [1.29, 1.82) is 0 Å². The van der Waals surface area contributed by atoms with Crippen LogP contribution in [0.15, 0.2) is 0 Å². The molecule has 2 amide bonds. The first-order chi connectivity index (χ1) is 5.24. The number of nitrogens with one attached hydrogen (secondary N) is 2. The van der Waals surface area contributed by atoms with Gasteiger partial charge in [-0.3, -0.25) is 14.4 Å². The Kier molecular flexibility index (Phi) is 2.43. The molecule has 1 rings (SSSR count). The predicted molar refractivity (Wildman–Crippen MR) is 36.3 cm³/mol. The lowest BCUT2D eigenvalue weighted by Crippen LogP contribution is -2.41. The maximum atomic E-state index is 10.8. The van der Waals surface area contributed by atoms with Crippen LogP contribution in [-0.4, -0.2) is 24.5 Å². The van der Waals surface area contributed by atoms with Crippen molar-refractivity contribution < 1.29 is 14.4 Å². The summed E-state index contributed by atoms with van der Waals surface area (Å²) < 4.78 is 0. The lowest BCUT2D eigenvalue weighted by atomic mass is 10.3. The van der Waals surface area contributed by atoms with Crippen molar-refractivity contribution in [3.8, 4) is 0 Å². The second-order valence-corrected chi connectivity index (χ2v) is 2.25. The van der Waals surface area contributed by atoms with Crippen molar-refractivity contribution in [2.24, 2.45) is 0 Å². The fourth-order valence-corrected chi connectivity index (χ4v) is 0.747. The molecule has 0 radical (unpaired) electrons. The highest BCUT2D eigenvalue weighted by atomic mass is 16.7. The number of carbonyl (C=O) groups is 2. The van der Waals surface area contributed by atoms with E-state index in [0.717, 1.165) is 0 Å². The number of hydroxylamine groups is 1. The Balaban J connectivity index is 2.36. The summed E-state index contributed by atoms with van der Waals surface area (Å²) in [5, 5.41) is 2.50. The smallest absolute Gasteiger partial charge is 0.268 e. The summed E-state index contributed by atoms with van der Waals surface area (Å²) in [5.74, 6) is -0.428. The Morgan fingerprint density at radius 2 is 2.64 bits per heavy atom. The van der Waals surface area contributed by atoms with Gasteiger partial charge in [-0.25, -0.2) is 5.48 Å². The van der Waals surface area contributed by atoms with Crippen LogP contribution in [0.1, 0.15) is 13.3 Å². The first-order valence-corrected chi connectivity index (χ1v) is 3.45. The molecular weight excluding hydrogens is 148 g/mol. The highest BCUT2D eigenvalue weighted by Crippen LogP contribution is 1.94. The molecule has 62 valence electrons. The molecule has 0 bridgehead atoms. The molecule has 1 aliphatic heterocycles. The van der Waals surface area contributed by atoms with Crippen LogP contribution >= 0.6 is 0 Å². The fourth-order valence-electron chi connectivity index (χ4n) is 0.747. The van der Waals surface area contributed by atoms with Crippen LogP contribution in [0.4, 0.5) is 0 Å². The molecule has 0 aromatic carbocycles. The topological polar surface area (TPSA) is 67.4 Å². The lowest BCUT2D eigenvalue weighted by molar-refractivity contribution is -0.128.